The molecule has 0 radical (unpaired) electrons. The molecular formula is C20H16F3N3O2. The van der Waals surface area contributed by atoms with Gasteiger partial charge in [-0.25, -0.2) is 4.98 Å². The molecule has 0 aliphatic rings. The van der Waals surface area contributed by atoms with Crippen LogP contribution in [0.5, 0.6) is 0 Å². The van der Waals surface area contributed by atoms with Crippen molar-refractivity contribution in [3.8, 4) is 11.3 Å². The summed E-state index contributed by atoms with van der Waals surface area (Å²) in [5.74, 6) is -1.50. The first-order valence-electron chi connectivity index (χ1n) is 8.40. The van der Waals surface area contributed by atoms with E-state index in [-0.39, 0.29) is 5.56 Å². The highest BCUT2D eigenvalue weighted by molar-refractivity contribution is 6.08. The number of hydrogen-bond acceptors (Lipinski definition) is 3. The number of alkyl halides is 3. The van der Waals surface area contributed by atoms with Gasteiger partial charge in [0.05, 0.1) is 23.3 Å². The number of rotatable bonds is 5. The lowest BCUT2D eigenvalue weighted by Gasteiger charge is -2.11. The Bertz CT molecular complexity index is 1000. The Morgan fingerprint density at radius 2 is 1.61 bits per heavy atom. The molecule has 144 valence electrons. The number of aromatic nitrogens is 1. The maximum Gasteiger partial charge on any atom is 0.405 e. The summed E-state index contributed by atoms with van der Waals surface area (Å²) in [6, 6.07) is 17.9. The van der Waals surface area contributed by atoms with Gasteiger partial charge in [0.15, 0.2) is 0 Å². The predicted octanol–water partition coefficient (Wildman–Crippen LogP) is 3.31. The molecular weight excluding hydrogens is 371 g/mol. The number of benzene rings is 2. The third kappa shape index (κ3) is 4.85. The number of carbonyl (C=O) groups excluding carboxylic acids is 2. The van der Waals surface area contributed by atoms with Gasteiger partial charge in [-0.2, -0.15) is 13.2 Å². The van der Waals surface area contributed by atoms with Crippen LogP contribution in [0.3, 0.4) is 0 Å². The Balaban J connectivity index is 1.83. The maximum atomic E-state index is 12.6. The number of para-hydroxylation sites is 1. The first kappa shape index (κ1) is 19.3. The second-order valence-electron chi connectivity index (χ2n) is 6.01. The van der Waals surface area contributed by atoms with Gasteiger partial charge in [-0.1, -0.05) is 48.5 Å². The zero-order chi connectivity index (χ0) is 20.1. The van der Waals surface area contributed by atoms with Crippen LogP contribution in [0.4, 0.5) is 13.2 Å². The molecule has 3 aromatic rings. The Labute approximate surface area is 158 Å². The zero-order valence-electron chi connectivity index (χ0n) is 14.6. The minimum atomic E-state index is -4.51. The lowest BCUT2D eigenvalue weighted by atomic mass is 10.0. The summed E-state index contributed by atoms with van der Waals surface area (Å²) in [7, 11) is 0. The van der Waals surface area contributed by atoms with Crippen molar-refractivity contribution in [3.05, 3.63) is 66.2 Å². The molecule has 0 saturated heterocycles. The minimum Gasteiger partial charge on any atom is -0.345 e. The van der Waals surface area contributed by atoms with Crippen LogP contribution in [0.2, 0.25) is 0 Å². The van der Waals surface area contributed by atoms with Gasteiger partial charge in [-0.3, -0.25) is 9.59 Å². The minimum absolute atomic E-state index is 0.285. The number of amides is 2. The van der Waals surface area contributed by atoms with Crippen molar-refractivity contribution >= 4 is 22.7 Å². The van der Waals surface area contributed by atoms with Gasteiger partial charge in [0.2, 0.25) is 5.91 Å². The zero-order valence-corrected chi connectivity index (χ0v) is 14.6. The molecule has 0 saturated carbocycles. The van der Waals surface area contributed by atoms with E-state index in [0.29, 0.717) is 16.6 Å². The highest BCUT2D eigenvalue weighted by Crippen LogP contribution is 2.24. The van der Waals surface area contributed by atoms with Crippen LogP contribution in [0.25, 0.3) is 22.2 Å². The number of nitrogens with zero attached hydrogens (tertiary/aromatic N) is 1. The molecule has 1 aromatic heterocycles. The van der Waals surface area contributed by atoms with Gasteiger partial charge >= 0.3 is 6.18 Å². The number of fused-ring (bicyclic) bond motifs is 1. The fraction of sp³-hybridized carbons (Fsp3) is 0.150. The topological polar surface area (TPSA) is 71.1 Å². The van der Waals surface area contributed by atoms with Crippen molar-refractivity contribution in [2.75, 3.05) is 13.1 Å². The lowest BCUT2D eigenvalue weighted by molar-refractivity contribution is -0.137. The van der Waals surface area contributed by atoms with Crippen LogP contribution in [0, 0.1) is 0 Å². The first-order chi connectivity index (χ1) is 13.3. The second kappa shape index (κ2) is 8.08. The highest BCUT2D eigenvalue weighted by atomic mass is 19.4. The summed E-state index contributed by atoms with van der Waals surface area (Å²) in [6.45, 7) is -2.01. The Kier molecular flexibility index (Phi) is 5.58. The van der Waals surface area contributed by atoms with Crippen LogP contribution in [-0.2, 0) is 4.79 Å². The summed E-state index contributed by atoms with van der Waals surface area (Å²) in [6.07, 6.45) is -4.51. The van der Waals surface area contributed by atoms with E-state index in [4.69, 9.17) is 0 Å². The molecule has 2 aromatic carbocycles. The SMILES string of the molecule is O=C(CNC(=O)c1cc(-c2ccccc2)nc2ccccc12)NCC(F)(F)F. The summed E-state index contributed by atoms with van der Waals surface area (Å²) < 4.78 is 36.5. The van der Waals surface area contributed by atoms with Crippen molar-refractivity contribution in [1.29, 1.82) is 0 Å². The Hall–Kier alpha value is -3.42. The summed E-state index contributed by atoms with van der Waals surface area (Å²) >= 11 is 0. The van der Waals surface area contributed by atoms with E-state index < -0.39 is 31.1 Å². The van der Waals surface area contributed by atoms with Gasteiger partial charge in [-0.05, 0) is 12.1 Å². The van der Waals surface area contributed by atoms with Gasteiger partial charge in [-0.15, -0.1) is 0 Å². The number of carbonyl (C=O) groups is 2. The molecule has 2 N–H and O–H groups in total. The van der Waals surface area contributed by atoms with Crippen molar-refractivity contribution in [2.24, 2.45) is 0 Å². The monoisotopic (exact) mass is 387 g/mol. The molecule has 0 atom stereocenters. The van der Waals surface area contributed by atoms with Crippen molar-refractivity contribution in [3.63, 3.8) is 0 Å². The largest absolute Gasteiger partial charge is 0.405 e. The number of pyridine rings is 1. The number of nitrogens with one attached hydrogen (secondary N) is 2. The number of halogens is 3. The molecule has 0 unspecified atom stereocenters. The molecule has 0 bridgehead atoms. The van der Waals surface area contributed by atoms with E-state index >= 15 is 0 Å². The fourth-order valence-electron chi connectivity index (χ4n) is 2.64. The van der Waals surface area contributed by atoms with Crippen molar-refractivity contribution in [1.82, 2.24) is 15.6 Å². The lowest BCUT2D eigenvalue weighted by Crippen LogP contribution is -2.40. The molecule has 5 nitrogen and oxygen atoms in total. The summed E-state index contributed by atoms with van der Waals surface area (Å²) in [5.41, 5.74) is 2.26. The Morgan fingerprint density at radius 3 is 2.32 bits per heavy atom. The third-order valence-electron chi connectivity index (χ3n) is 3.93. The van der Waals surface area contributed by atoms with Crippen LogP contribution in [0.15, 0.2) is 60.7 Å². The van der Waals surface area contributed by atoms with Gasteiger partial charge < -0.3 is 10.6 Å². The molecule has 1 heterocycles. The molecule has 2 amide bonds. The average Bonchev–Trinajstić information content (AvgIpc) is 2.69. The van der Waals surface area contributed by atoms with E-state index in [1.807, 2.05) is 30.3 Å². The fourth-order valence-corrected chi connectivity index (χ4v) is 2.64. The average molecular weight is 387 g/mol. The smallest absolute Gasteiger partial charge is 0.345 e. The molecule has 0 aliphatic heterocycles. The maximum absolute atomic E-state index is 12.6. The van der Waals surface area contributed by atoms with E-state index in [1.165, 1.54) is 0 Å². The van der Waals surface area contributed by atoms with Crippen LogP contribution in [-0.4, -0.2) is 36.1 Å². The summed E-state index contributed by atoms with van der Waals surface area (Å²) in [4.78, 5) is 28.7. The van der Waals surface area contributed by atoms with Crippen LogP contribution < -0.4 is 10.6 Å². The van der Waals surface area contributed by atoms with E-state index in [9.17, 15) is 22.8 Å². The predicted molar refractivity (Wildman–Crippen MR) is 98.6 cm³/mol. The molecule has 0 aliphatic carbocycles. The molecule has 8 heteroatoms. The first-order valence-corrected chi connectivity index (χ1v) is 8.40. The van der Waals surface area contributed by atoms with Crippen LogP contribution in [0.1, 0.15) is 10.4 Å². The molecule has 0 fully saturated rings. The van der Waals surface area contributed by atoms with Gasteiger partial charge in [0, 0.05) is 10.9 Å². The highest BCUT2D eigenvalue weighted by Gasteiger charge is 2.27. The second-order valence-corrected chi connectivity index (χ2v) is 6.01. The van der Waals surface area contributed by atoms with Gasteiger partial charge in [0.25, 0.3) is 5.91 Å². The molecule has 0 spiro atoms. The number of hydrogen-bond donors (Lipinski definition) is 2. The quantitative estimate of drug-likeness (QED) is 0.706. The van der Waals surface area contributed by atoms with Gasteiger partial charge in [0.1, 0.15) is 6.54 Å². The molecule has 3 rings (SSSR count). The normalized spacial score (nSPS) is 11.2. The van der Waals surface area contributed by atoms with Crippen molar-refractivity contribution < 1.29 is 22.8 Å². The van der Waals surface area contributed by atoms with Crippen molar-refractivity contribution in [2.45, 2.75) is 6.18 Å². The van der Waals surface area contributed by atoms with E-state index in [0.717, 1.165) is 5.56 Å². The van der Waals surface area contributed by atoms with E-state index in [1.54, 1.807) is 35.6 Å². The summed E-state index contributed by atoms with van der Waals surface area (Å²) in [5, 5.41) is 4.65. The van der Waals surface area contributed by atoms with Crippen LogP contribution >= 0.6 is 0 Å². The third-order valence-corrected chi connectivity index (χ3v) is 3.93. The standard InChI is InChI=1S/C20H16F3N3O2/c21-20(22,23)12-25-18(27)11-24-19(28)15-10-17(13-6-2-1-3-7-13)26-16-9-5-4-8-14(15)16/h1-10H,11-12H2,(H,24,28)(H,25,27). The van der Waals surface area contributed by atoms with E-state index in [2.05, 4.69) is 10.3 Å². The Morgan fingerprint density at radius 1 is 0.929 bits per heavy atom. The molecule has 28 heavy (non-hydrogen) atoms.